The third-order valence-corrected chi connectivity index (χ3v) is 0.751. The summed E-state index contributed by atoms with van der Waals surface area (Å²) in [6, 6.07) is 0.312. The first-order chi connectivity index (χ1) is 4.16. The summed E-state index contributed by atoms with van der Waals surface area (Å²) in [6.45, 7) is 3.99. The first kappa shape index (κ1) is 8.14. The molecular weight excluding hydrogens is 114 g/mol. The first-order valence-corrected chi connectivity index (χ1v) is 2.92. The lowest BCUT2D eigenvalue weighted by Crippen LogP contribution is -2.13. The van der Waals surface area contributed by atoms with Crippen LogP contribution in [0.25, 0.3) is 0 Å². The van der Waals surface area contributed by atoms with Gasteiger partial charge in [-0.3, -0.25) is 10.4 Å². The van der Waals surface area contributed by atoms with E-state index in [4.69, 9.17) is 5.41 Å². The standard InChI is InChI=1S/C6H13N3/c1-6(2)8-5-9(3)4-7/h4-7H,1-3H3. The molecule has 0 fully saturated rings. The maximum atomic E-state index is 6.76. The van der Waals surface area contributed by atoms with Crippen LogP contribution in [0.3, 0.4) is 0 Å². The number of nitrogens with zero attached hydrogens (tertiary/aromatic N) is 2. The van der Waals surface area contributed by atoms with Crippen molar-refractivity contribution in [2.75, 3.05) is 7.05 Å². The van der Waals surface area contributed by atoms with Crippen molar-refractivity contribution in [3.63, 3.8) is 0 Å². The monoisotopic (exact) mass is 127 g/mol. The number of rotatable bonds is 3. The van der Waals surface area contributed by atoms with E-state index in [1.165, 1.54) is 6.34 Å². The van der Waals surface area contributed by atoms with E-state index in [9.17, 15) is 0 Å². The predicted molar refractivity (Wildman–Crippen MR) is 40.2 cm³/mol. The third-order valence-electron chi connectivity index (χ3n) is 0.751. The zero-order valence-electron chi connectivity index (χ0n) is 6.13. The molecule has 0 aromatic carbocycles. The van der Waals surface area contributed by atoms with Gasteiger partial charge in [-0.1, -0.05) is 0 Å². The molecule has 0 saturated carbocycles. The van der Waals surface area contributed by atoms with Crippen molar-refractivity contribution in [3.8, 4) is 0 Å². The highest BCUT2D eigenvalue weighted by Crippen LogP contribution is 1.82. The number of nitrogens with one attached hydrogen (secondary N) is 1. The minimum absolute atomic E-state index is 0.312. The molecule has 52 valence electrons. The van der Waals surface area contributed by atoms with Crippen molar-refractivity contribution in [1.82, 2.24) is 4.90 Å². The fourth-order valence-electron chi connectivity index (χ4n) is 0.272. The molecular formula is C6H13N3. The van der Waals surface area contributed by atoms with Crippen LogP contribution in [0.5, 0.6) is 0 Å². The maximum absolute atomic E-state index is 6.76. The van der Waals surface area contributed by atoms with Crippen molar-refractivity contribution in [1.29, 1.82) is 5.41 Å². The van der Waals surface area contributed by atoms with E-state index in [-0.39, 0.29) is 0 Å². The van der Waals surface area contributed by atoms with Gasteiger partial charge in [0.25, 0.3) is 0 Å². The van der Waals surface area contributed by atoms with Gasteiger partial charge < -0.3 is 4.90 Å². The number of hydrogen-bond acceptors (Lipinski definition) is 2. The zero-order valence-corrected chi connectivity index (χ0v) is 6.13. The molecule has 0 bridgehead atoms. The van der Waals surface area contributed by atoms with Crippen LogP contribution >= 0.6 is 0 Å². The lowest BCUT2D eigenvalue weighted by Gasteiger charge is -2.03. The predicted octanol–water partition coefficient (Wildman–Crippen LogP) is 0.962. The Morgan fingerprint density at radius 3 is 2.44 bits per heavy atom. The quantitative estimate of drug-likeness (QED) is 0.445. The molecule has 9 heavy (non-hydrogen) atoms. The van der Waals surface area contributed by atoms with Gasteiger partial charge in [0, 0.05) is 13.1 Å². The Bertz CT molecular complexity index is 107. The second-order valence-corrected chi connectivity index (χ2v) is 2.15. The van der Waals surface area contributed by atoms with Gasteiger partial charge in [0.15, 0.2) is 0 Å². The fourth-order valence-corrected chi connectivity index (χ4v) is 0.272. The van der Waals surface area contributed by atoms with Gasteiger partial charge in [-0.25, -0.2) is 0 Å². The van der Waals surface area contributed by atoms with Crippen molar-refractivity contribution < 1.29 is 0 Å². The third kappa shape index (κ3) is 5.00. The Morgan fingerprint density at radius 1 is 1.56 bits per heavy atom. The average Bonchev–Trinajstić information content (AvgIpc) is 1.83. The molecule has 0 aromatic heterocycles. The van der Waals surface area contributed by atoms with Gasteiger partial charge >= 0.3 is 0 Å². The summed E-state index contributed by atoms with van der Waals surface area (Å²) in [5, 5.41) is 6.76. The molecule has 0 rings (SSSR count). The molecule has 0 radical (unpaired) electrons. The van der Waals surface area contributed by atoms with Crippen LogP contribution in [0.2, 0.25) is 0 Å². The number of hydrogen-bond donors (Lipinski definition) is 1. The summed E-state index contributed by atoms with van der Waals surface area (Å²) in [6.07, 6.45) is 2.85. The minimum Gasteiger partial charge on any atom is -0.327 e. The molecule has 0 unspecified atom stereocenters. The van der Waals surface area contributed by atoms with E-state index < -0.39 is 0 Å². The first-order valence-electron chi connectivity index (χ1n) is 2.92. The molecule has 0 aromatic rings. The van der Waals surface area contributed by atoms with Gasteiger partial charge in [-0.05, 0) is 13.8 Å². The van der Waals surface area contributed by atoms with Crippen LogP contribution in [0.1, 0.15) is 13.8 Å². The van der Waals surface area contributed by atoms with Gasteiger partial charge in [0.1, 0.15) is 0 Å². The van der Waals surface area contributed by atoms with E-state index >= 15 is 0 Å². The molecule has 0 aliphatic carbocycles. The molecule has 0 aliphatic rings. The fraction of sp³-hybridized carbons (Fsp3) is 0.667. The molecule has 0 spiro atoms. The van der Waals surface area contributed by atoms with E-state index in [2.05, 4.69) is 4.99 Å². The molecule has 3 heteroatoms. The van der Waals surface area contributed by atoms with E-state index in [1.54, 1.807) is 18.3 Å². The molecule has 0 amide bonds. The van der Waals surface area contributed by atoms with Crippen molar-refractivity contribution in [2.24, 2.45) is 4.99 Å². The molecule has 3 nitrogen and oxygen atoms in total. The summed E-state index contributed by atoms with van der Waals surface area (Å²) in [5.74, 6) is 0. The highest BCUT2D eigenvalue weighted by atomic mass is 15.1. The zero-order chi connectivity index (χ0) is 7.28. The second-order valence-electron chi connectivity index (χ2n) is 2.15. The smallest absolute Gasteiger partial charge is 0.0901 e. The summed E-state index contributed by atoms with van der Waals surface area (Å²) >= 11 is 0. The normalized spacial score (nSPS) is 10.7. The average molecular weight is 127 g/mol. The van der Waals surface area contributed by atoms with Crippen LogP contribution < -0.4 is 0 Å². The lowest BCUT2D eigenvalue weighted by atomic mass is 10.4. The Hall–Kier alpha value is -0.860. The molecule has 1 N–H and O–H groups in total. The topological polar surface area (TPSA) is 39.5 Å². The molecule has 0 saturated heterocycles. The Kier molecular flexibility index (Phi) is 3.67. The Labute approximate surface area is 55.9 Å². The SMILES string of the molecule is CC(C)N=CN(C)C=N. The molecule has 0 heterocycles. The summed E-state index contributed by atoms with van der Waals surface area (Å²) < 4.78 is 0. The van der Waals surface area contributed by atoms with Crippen LogP contribution in [-0.4, -0.2) is 30.7 Å². The maximum Gasteiger partial charge on any atom is 0.0901 e. The Balaban J connectivity index is 3.56. The minimum atomic E-state index is 0.312. The van der Waals surface area contributed by atoms with Crippen molar-refractivity contribution >= 4 is 12.7 Å². The molecule has 0 atom stereocenters. The van der Waals surface area contributed by atoms with Crippen LogP contribution in [0.15, 0.2) is 4.99 Å². The van der Waals surface area contributed by atoms with Crippen LogP contribution in [0.4, 0.5) is 0 Å². The van der Waals surface area contributed by atoms with Crippen molar-refractivity contribution in [2.45, 2.75) is 19.9 Å². The van der Waals surface area contributed by atoms with Crippen molar-refractivity contribution in [3.05, 3.63) is 0 Å². The van der Waals surface area contributed by atoms with E-state index in [0.29, 0.717) is 6.04 Å². The largest absolute Gasteiger partial charge is 0.327 e. The van der Waals surface area contributed by atoms with E-state index in [0.717, 1.165) is 0 Å². The van der Waals surface area contributed by atoms with Gasteiger partial charge in [-0.2, -0.15) is 0 Å². The highest BCUT2D eigenvalue weighted by molar-refractivity contribution is 5.72. The lowest BCUT2D eigenvalue weighted by molar-refractivity contribution is 0.758. The molecule has 0 aliphatic heterocycles. The summed E-state index contributed by atoms with van der Waals surface area (Å²) in [5.41, 5.74) is 0. The van der Waals surface area contributed by atoms with Crippen LogP contribution in [0, 0.1) is 5.41 Å². The summed E-state index contributed by atoms with van der Waals surface area (Å²) in [7, 11) is 1.78. The highest BCUT2D eigenvalue weighted by Gasteiger charge is 1.84. The number of aliphatic imine (C=N–C) groups is 1. The van der Waals surface area contributed by atoms with Gasteiger partial charge in [-0.15, -0.1) is 0 Å². The van der Waals surface area contributed by atoms with E-state index in [1.807, 2.05) is 13.8 Å². The van der Waals surface area contributed by atoms with Gasteiger partial charge in [0.2, 0.25) is 0 Å². The van der Waals surface area contributed by atoms with Crippen LogP contribution in [-0.2, 0) is 0 Å². The Morgan fingerprint density at radius 2 is 2.11 bits per heavy atom. The second kappa shape index (κ2) is 4.06. The summed E-state index contributed by atoms with van der Waals surface area (Å²) in [4.78, 5) is 5.64. The van der Waals surface area contributed by atoms with Gasteiger partial charge in [0.05, 0.1) is 12.7 Å².